The molecule has 16 heteroatoms. The topological polar surface area (TPSA) is 55.4 Å². The number of rotatable bonds is 14. The Bertz CT molecular complexity index is 1780. The van der Waals surface area contributed by atoms with Gasteiger partial charge in [0.15, 0.2) is 0 Å². The van der Waals surface area contributed by atoms with E-state index in [1.54, 1.807) is 36.4 Å². The minimum absolute atomic E-state index is 0.0641. The lowest BCUT2D eigenvalue weighted by molar-refractivity contribution is -0.325. The number of hydrogen-bond donors (Lipinski definition) is 0. The van der Waals surface area contributed by atoms with Crippen molar-refractivity contribution >= 4 is 0 Å². The van der Waals surface area contributed by atoms with Crippen LogP contribution in [0.3, 0.4) is 0 Å². The quantitative estimate of drug-likeness (QED) is 0.0834. The largest absolute Gasteiger partial charge is 0.457 e. The summed E-state index contributed by atoms with van der Waals surface area (Å²) in [4.78, 5) is 0. The van der Waals surface area contributed by atoms with E-state index in [1.807, 2.05) is 0 Å². The zero-order chi connectivity index (χ0) is 37.6. The maximum atomic E-state index is 15.9. The van der Waals surface area contributed by atoms with Crippen LogP contribution < -0.4 is 28.4 Å². The lowest BCUT2D eigenvalue weighted by Gasteiger charge is -2.31. The average molecular weight is 743 g/mol. The molecular formula is C36H24F10O6. The highest BCUT2D eigenvalue weighted by molar-refractivity contribution is 5.39. The zero-order valence-corrected chi connectivity index (χ0v) is 26.1. The molecule has 0 spiro atoms. The van der Waals surface area contributed by atoms with Crippen LogP contribution in [-0.2, 0) is 0 Å². The van der Waals surface area contributed by atoms with Crippen LogP contribution in [0.4, 0.5) is 43.9 Å². The molecule has 0 bridgehead atoms. The Kier molecular flexibility index (Phi) is 11.0. The summed E-state index contributed by atoms with van der Waals surface area (Å²) in [6, 6.07) is 17.8. The number of benzene rings is 5. The van der Waals surface area contributed by atoms with Crippen molar-refractivity contribution in [2.45, 2.75) is 36.8 Å². The molecule has 0 fully saturated rings. The van der Waals surface area contributed by atoms with E-state index in [2.05, 4.69) is 9.47 Å². The van der Waals surface area contributed by atoms with Crippen LogP contribution in [0.1, 0.15) is 0 Å². The summed E-state index contributed by atoms with van der Waals surface area (Å²) in [5, 5.41) is 0. The van der Waals surface area contributed by atoms with Crippen molar-refractivity contribution in [2.75, 3.05) is 0 Å². The first-order valence-corrected chi connectivity index (χ1v) is 14.8. The molecular weight excluding hydrogens is 718 g/mol. The molecule has 52 heavy (non-hydrogen) atoms. The maximum absolute atomic E-state index is 15.9. The van der Waals surface area contributed by atoms with Gasteiger partial charge >= 0.3 is 36.8 Å². The minimum Gasteiger partial charge on any atom is -0.457 e. The van der Waals surface area contributed by atoms with Gasteiger partial charge in [-0.1, -0.05) is 54.6 Å². The first-order chi connectivity index (χ1) is 24.5. The maximum Gasteiger partial charge on any atom is 0.449 e. The van der Waals surface area contributed by atoms with E-state index in [4.69, 9.17) is 18.9 Å². The second kappa shape index (κ2) is 15.2. The second-order valence-corrected chi connectivity index (χ2v) is 10.6. The molecule has 6 nitrogen and oxygen atoms in total. The smallest absolute Gasteiger partial charge is 0.449 e. The van der Waals surface area contributed by atoms with E-state index in [1.165, 1.54) is 48.5 Å². The molecule has 5 aromatic carbocycles. The van der Waals surface area contributed by atoms with Gasteiger partial charge in [0.2, 0.25) is 0 Å². The normalized spacial score (nSPS) is 15.3. The Morgan fingerprint density at radius 3 is 0.865 bits per heavy atom. The van der Waals surface area contributed by atoms with Crippen LogP contribution in [0.2, 0.25) is 0 Å². The number of alkyl halides is 10. The predicted octanol–water partition coefficient (Wildman–Crippen LogP) is 11.2. The molecule has 4 unspecified atom stereocenters. The summed E-state index contributed by atoms with van der Waals surface area (Å²) in [5.41, 5.74) is 0. The van der Waals surface area contributed by atoms with Gasteiger partial charge in [-0.05, 0) is 60.7 Å². The summed E-state index contributed by atoms with van der Waals surface area (Å²) < 4.78 is 172. The van der Waals surface area contributed by atoms with E-state index in [-0.39, 0.29) is 23.0 Å². The van der Waals surface area contributed by atoms with E-state index in [9.17, 15) is 35.1 Å². The summed E-state index contributed by atoms with van der Waals surface area (Å²) in [7, 11) is 0. The van der Waals surface area contributed by atoms with Crippen molar-refractivity contribution in [2.24, 2.45) is 0 Å². The van der Waals surface area contributed by atoms with Gasteiger partial charge < -0.3 is 28.4 Å². The van der Waals surface area contributed by atoms with Crippen molar-refractivity contribution in [3.63, 3.8) is 0 Å². The second-order valence-electron chi connectivity index (χ2n) is 10.6. The van der Waals surface area contributed by atoms with E-state index >= 15 is 8.78 Å². The van der Waals surface area contributed by atoms with Gasteiger partial charge in [-0.2, -0.15) is 35.1 Å². The Morgan fingerprint density at radius 1 is 0.327 bits per heavy atom. The monoisotopic (exact) mass is 742 g/mol. The van der Waals surface area contributed by atoms with Crippen LogP contribution >= 0.6 is 0 Å². The highest BCUT2D eigenvalue weighted by Gasteiger charge is 2.62. The van der Waals surface area contributed by atoms with Gasteiger partial charge in [0.1, 0.15) is 46.0 Å². The molecule has 5 aromatic rings. The summed E-state index contributed by atoms with van der Waals surface area (Å²) in [5.74, 6) is -3.15. The molecule has 0 saturated heterocycles. The lowest BCUT2D eigenvalue weighted by Crippen LogP contribution is -2.53. The lowest BCUT2D eigenvalue weighted by atomic mass is 10.2. The fraction of sp³-hybridized carbons (Fsp3) is 0.167. The van der Waals surface area contributed by atoms with Gasteiger partial charge in [0.05, 0.1) is 0 Å². The van der Waals surface area contributed by atoms with Crippen molar-refractivity contribution in [3.8, 4) is 46.0 Å². The minimum atomic E-state index is -5.92. The third-order valence-electron chi connectivity index (χ3n) is 6.58. The summed E-state index contributed by atoms with van der Waals surface area (Å²) in [6.07, 6.45) is -20.8. The molecule has 0 N–H and O–H groups in total. The van der Waals surface area contributed by atoms with Gasteiger partial charge in [-0.15, -0.1) is 0 Å². The predicted molar refractivity (Wildman–Crippen MR) is 164 cm³/mol. The molecule has 274 valence electrons. The SMILES string of the molecule is FC(C(F)(F)F)C(F)(Oc1cccc(Oc2ccccc2)c1)Oc1cccc(OC(F)(Oc2cccc(Oc3ccccc3)c2)C(F)C(F)(F)F)c1. The summed E-state index contributed by atoms with van der Waals surface area (Å²) in [6.45, 7) is 0. The number of para-hydroxylation sites is 2. The van der Waals surface area contributed by atoms with E-state index < -0.39 is 59.8 Å². The van der Waals surface area contributed by atoms with E-state index in [0.29, 0.717) is 18.2 Å². The Labute approximate surface area is 288 Å². The van der Waals surface area contributed by atoms with Crippen LogP contribution in [0, 0.1) is 0 Å². The Hall–Kier alpha value is -5.80. The third kappa shape index (κ3) is 9.70. The Morgan fingerprint density at radius 2 is 0.577 bits per heavy atom. The molecule has 0 aliphatic rings. The van der Waals surface area contributed by atoms with Crippen LogP contribution in [0.25, 0.3) is 0 Å². The first-order valence-electron chi connectivity index (χ1n) is 14.8. The van der Waals surface area contributed by atoms with Gasteiger partial charge in [-0.3, -0.25) is 0 Å². The molecule has 0 heterocycles. The molecule has 0 radical (unpaired) electrons. The number of ether oxygens (including phenoxy) is 6. The van der Waals surface area contributed by atoms with E-state index in [0.717, 1.165) is 30.3 Å². The number of halogens is 10. The van der Waals surface area contributed by atoms with Crippen LogP contribution in [-0.4, -0.2) is 36.8 Å². The highest BCUT2D eigenvalue weighted by atomic mass is 19.4. The van der Waals surface area contributed by atoms with Gasteiger partial charge in [0, 0.05) is 18.2 Å². The number of hydrogen-bond acceptors (Lipinski definition) is 6. The van der Waals surface area contributed by atoms with Gasteiger partial charge in [-0.25, -0.2) is 8.78 Å². The first kappa shape index (κ1) is 37.5. The molecule has 5 rings (SSSR count). The van der Waals surface area contributed by atoms with Gasteiger partial charge in [0.25, 0.3) is 0 Å². The van der Waals surface area contributed by atoms with Crippen molar-refractivity contribution in [1.29, 1.82) is 0 Å². The fourth-order valence-corrected chi connectivity index (χ4v) is 4.34. The molecule has 0 amide bonds. The van der Waals surface area contributed by atoms with Crippen molar-refractivity contribution in [1.82, 2.24) is 0 Å². The molecule has 0 aliphatic heterocycles. The molecule has 0 aromatic heterocycles. The molecule has 0 saturated carbocycles. The zero-order valence-electron chi connectivity index (χ0n) is 26.1. The Balaban J connectivity index is 1.41. The van der Waals surface area contributed by atoms with Crippen molar-refractivity contribution < 1.29 is 72.3 Å². The van der Waals surface area contributed by atoms with Crippen molar-refractivity contribution in [3.05, 3.63) is 133 Å². The summed E-state index contributed by atoms with van der Waals surface area (Å²) >= 11 is 0. The standard InChI is InChI=1S/C36H24F10O6/c37-31(33(39,40)41)35(45,49-27-16-7-14-25(20-27)47-23-10-3-1-4-11-23)51-29-18-9-19-30(22-29)52-36(46,32(38)34(42,43)44)50-28-17-8-15-26(21-28)48-24-12-5-2-6-13-24/h1-22,31-32H. The third-order valence-corrected chi connectivity index (χ3v) is 6.58. The highest BCUT2D eigenvalue weighted by Crippen LogP contribution is 2.41. The average Bonchev–Trinajstić information content (AvgIpc) is 3.08. The molecule has 0 aliphatic carbocycles. The fourth-order valence-electron chi connectivity index (χ4n) is 4.34. The molecule has 4 atom stereocenters. The van der Waals surface area contributed by atoms with Crippen LogP contribution in [0.15, 0.2) is 133 Å². The van der Waals surface area contributed by atoms with Crippen LogP contribution in [0.5, 0.6) is 46.0 Å².